The largest absolute Gasteiger partial charge is 0.313 e. The molecule has 0 aromatic heterocycles. The van der Waals surface area contributed by atoms with E-state index in [0.717, 1.165) is 24.0 Å². The first-order chi connectivity index (χ1) is 10.2. The summed E-state index contributed by atoms with van der Waals surface area (Å²) in [6, 6.07) is 17.8. The van der Waals surface area contributed by atoms with Gasteiger partial charge in [-0.3, -0.25) is 0 Å². The van der Waals surface area contributed by atoms with Gasteiger partial charge in [0.1, 0.15) is 0 Å². The molecule has 1 unspecified atom stereocenters. The van der Waals surface area contributed by atoms with Crippen LogP contribution in [0, 0.1) is 6.92 Å². The molecule has 3 rings (SSSR count). The number of nitrogens with one attached hydrogen (secondary N) is 1. The lowest BCUT2D eigenvalue weighted by molar-refractivity contribution is 0.577. The molecular weight excluding hydrogens is 278 g/mol. The van der Waals surface area contributed by atoms with Crippen LogP contribution < -0.4 is 5.32 Å². The van der Waals surface area contributed by atoms with Crippen LogP contribution >= 0.6 is 11.6 Å². The zero-order chi connectivity index (χ0) is 14.7. The quantitative estimate of drug-likeness (QED) is 0.813. The number of aryl methyl sites for hydroxylation is 1. The maximum absolute atomic E-state index is 6.34. The minimum atomic E-state index is 0.477. The molecule has 0 amide bonds. The Morgan fingerprint density at radius 3 is 2.67 bits per heavy atom. The van der Waals surface area contributed by atoms with Gasteiger partial charge in [-0.2, -0.15) is 0 Å². The second-order valence-corrected chi connectivity index (χ2v) is 6.50. The highest BCUT2D eigenvalue weighted by atomic mass is 35.5. The molecule has 1 aliphatic rings. The maximum Gasteiger partial charge on any atom is 0.0438 e. The van der Waals surface area contributed by atoms with Gasteiger partial charge in [0.05, 0.1) is 0 Å². The van der Waals surface area contributed by atoms with Crippen molar-refractivity contribution in [2.45, 2.75) is 38.1 Å². The van der Waals surface area contributed by atoms with E-state index in [-0.39, 0.29) is 0 Å². The summed E-state index contributed by atoms with van der Waals surface area (Å²) in [5.74, 6) is 0.477. The monoisotopic (exact) mass is 299 g/mol. The molecule has 1 aliphatic carbocycles. The van der Waals surface area contributed by atoms with E-state index in [1.807, 2.05) is 12.1 Å². The fraction of sp³-hybridized carbons (Fsp3) is 0.368. The van der Waals surface area contributed by atoms with E-state index in [1.165, 1.54) is 29.5 Å². The van der Waals surface area contributed by atoms with Gasteiger partial charge in [-0.25, -0.2) is 0 Å². The molecule has 2 aromatic rings. The van der Waals surface area contributed by atoms with Crippen molar-refractivity contribution in [2.24, 2.45) is 0 Å². The van der Waals surface area contributed by atoms with E-state index < -0.39 is 0 Å². The molecule has 1 saturated carbocycles. The predicted molar refractivity (Wildman–Crippen MR) is 90.1 cm³/mol. The average molecular weight is 300 g/mol. The van der Waals surface area contributed by atoms with Crippen molar-refractivity contribution in [2.75, 3.05) is 6.54 Å². The van der Waals surface area contributed by atoms with E-state index in [0.29, 0.717) is 5.92 Å². The Morgan fingerprint density at radius 2 is 1.95 bits per heavy atom. The molecule has 0 spiro atoms. The van der Waals surface area contributed by atoms with Crippen LogP contribution in [0.2, 0.25) is 5.02 Å². The van der Waals surface area contributed by atoms with Gasteiger partial charge in [-0.15, -0.1) is 0 Å². The summed E-state index contributed by atoms with van der Waals surface area (Å²) in [6.07, 6.45) is 3.64. The van der Waals surface area contributed by atoms with Crippen molar-refractivity contribution < 1.29 is 0 Å². The molecule has 0 aliphatic heterocycles. The smallest absolute Gasteiger partial charge is 0.0438 e. The second kappa shape index (κ2) is 6.64. The second-order valence-electron chi connectivity index (χ2n) is 6.09. The lowest BCUT2D eigenvalue weighted by Crippen LogP contribution is -2.25. The van der Waals surface area contributed by atoms with E-state index in [9.17, 15) is 0 Å². The molecule has 0 heterocycles. The van der Waals surface area contributed by atoms with Crippen LogP contribution in [-0.2, 0) is 6.42 Å². The summed E-state index contributed by atoms with van der Waals surface area (Å²) in [6.45, 7) is 3.18. The van der Waals surface area contributed by atoms with Crippen LogP contribution in [0.3, 0.4) is 0 Å². The number of benzene rings is 2. The fourth-order valence-electron chi connectivity index (χ4n) is 2.76. The molecule has 21 heavy (non-hydrogen) atoms. The number of hydrogen-bond donors (Lipinski definition) is 1. The van der Waals surface area contributed by atoms with Crippen molar-refractivity contribution in [3.63, 3.8) is 0 Å². The number of hydrogen-bond acceptors (Lipinski definition) is 1. The number of rotatable bonds is 6. The predicted octanol–water partition coefficient (Wildman–Crippen LogP) is 4.73. The van der Waals surface area contributed by atoms with Gasteiger partial charge in [-0.05, 0) is 43.4 Å². The van der Waals surface area contributed by atoms with Gasteiger partial charge in [0.2, 0.25) is 0 Å². The first-order valence-electron chi connectivity index (χ1n) is 7.76. The van der Waals surface area contributed by atoms with Gasteiger partial charge in [0, 0.05) is 23.5 Å². The van der Waals surface area contributed by atoms with Crippen molar-refractivity contribution in [1.82, 2.24) is 5.32 Å². The van der Waals surface area contributed by atoms with Crippen molar-refractivity contribution in [1.29, 1.82) is 0 Å². The molecule has 1 atom stereocenters. The zero-order valence-corrected chi connectivity index (χ0v) is 13.2. The van der Waals surface area contributed by atoms with Crippen LogP contribution in [0.1, 0.15) is 35.4 Å². The van der Waals surface area contributed by atoms with E-state index >= 15 is 0 Å². The summed E-state index contributed by atoms with van der Waals surface area (Å²) >= 11 is 6.34. The molecule has 0 radical (unpaired) electrons. The highest BCUT2D eigenvalue weighted by molar-refractivity contribution is 6.31. The van der Waals surface area contributed by atoms with Crippen LogP contribution in [0.15, 0.2) is 48.5 Å². The Morgan fingerprint density at radius 1 is 1.14 bits per heavy atom. The standard InChI is InChI=1S/C19H22ClN/c1-14-5-4-7-15(11-14)17(13-21-18-9-10-18)12-16-6-2-3-8-19(16)20/h2-8,11,17-18,21H,9-10,12-13H2,1H3. The van der Waals surface area contributed by atoms with Crippen molar-refractivity contribution in [3.8, 4) is 0 Å². The Kier molecular flexibility index (Phi) is 4.62. The van der Waals surface area contributed by atoms with Crippen LogP contribution in [-0.4, -0.2) is 12.6 Å². The Bertz CT molecular complexity index is 604. The molecule has 1 nitrogen and oxygen atoms in total. The Hall–Kier alpha value is -1.31. The minimum absolute atomic E-state index is 0.477. The average Bonchev–Trinajstić information content (AvgIpc) is 3.29. The minimum Gasteiger partial charge on any atom is -0.313 e. The molecule has 110 valence electrons. The van der Waals surface area contributed by atoms with Gasteiger partial charge in [0.15, 0.2) is 0 Å². The normalized spacial score (nSPS) is 15.9. The fourth-order valence-corrected chi connectivity index (χ4v) is 2.97. The third-order valence-corrected chi connectivity index (χ3v) is 4.54. The molecule has 1 fully saturated rings. The molecule has 1 N–H and O–H groups in total. The highest BCUT2D eigenvalue weighted by Gasteiger charge is 2.23. The summed E-state index contributed by atoms with van der Waals surface area (Å²) in [5.41, 5.74) is 3.97. The molecule has 0 saturated heterocycles. The van der Waals surface area contributed by atoms with Crippen molar-refractivity contribution in [3.05, 3.63) is 70.2 Å². The summed E-state index contributed by atoms with van der Waals surface area (Å²) < 4.78 is 0. The number of halogens is 1. The molecule has 2 aromatic carbocycles. The third kappa shape index (κ3) is 4.09. The van der Waals surface area contributed by atoms with Gasteiger partial charge < -0.3 is 5.32 Å². The van der Waals surface area contributed by atoms with E-state index in [4.69, 9.17) is 11.6 Å². The topological polar surface area (TPSA) is 12.0 Å². The SMILES string of the molecule is Cc1cccc(C(CNC2CC2)Cc2ccccc2Cl)c1. The van der Waals surface area contributed by atoms with E-state index in [2.05, 4.69) is 48.6 Å². The first-order valence-corrected chi connectivity index (χ1v) is 8.13. The summed E-state index contributed by atoms with van der Waals surface area (Å²) in [4.78, 5) is 0. The molecular formula is C19H22ClN. The lowest BCUT2D eigenvalue weighted by Gasteiger charge is -2.19. The first kappa shape index (κ1) is 14.6. The maximum atomic E-state index is 6.34. The summed E-state index contributed by atoms with van der Waals surface area (Å²) in [7, 11) is 0. The summed E-state index contributed by atoms with van der Waals surface area (Å²) in [5, 5.41) is 4.55. The molecule has 0 bridgehead atoms. The Labute approximate surface area is 132 Å². The molecule has 2 heteroatoms. The van der Waals surface area contributed by atoms with Crippen LogP contribution in [0.5, 0.6) is 0 Å². The Balaban J connectivity index is 1.79. The lowest BCUT2D eigenvalue weighted by atomic mass is 9.91. The zero-order valence-electron chi connectivity index (χ0n) is 12.5. The van der Waals surface area contributed by atoms with Gasteiger partial charge >= 0.3 is 0 Å². The van der Waals surface area contributed by atoms with Crippen molar-refractivity contribution >= 4 is 11.6 Å². The van der Waals surface area contributed by atoms with Gasteiger partial charge in [0.25, 0.3) is 0 Å². The van der Waals surface area contributed by atoms with Crippen LogP contribution in [0.4, 0.5) is 0 Å². The third-order valence-electron chi connectivity index (χ3n) is 4.17. The highest BCUT2D eigenvalue weighted by Crippen LogP contribution is 2.27. The van der Waals surface area contributed by atoms with Crippen LogP contribution in [0.25, 0.3) is 0 Å². The van der Waals surface area contributed by atoms with Gasteiger partial charge in [-0.1, -0.05) is 59.6 Å². The van der Waals surface area contributed by atoms with E-state index in [1.54, 1.807) is 0 Å².